The van der Waals surface area contributed by atoms with Gasteiger partial charge in [-0.15, -0.1) is 11.6 Å². The minimum Gasteiger partial charge on any atom is -0.379 e. The van der Waals surface area contributed by atoms with Crippen LogP contribution in [-0.4, -0.2) is 22.8 Å². The quantitative estimate of drug-likeness (QED) is 0.793. The number of aromatic nitrogens is 2. The van der Waals surface area contributed by atoms with Crippen LogP contribution < -0.4 is 0 Å². The molecule has 0 aliphatic heterocycles. The van der Waals surface area contributed by atoms with Crippen molar-refractivity contribution in [3.8, 4) is 0 Å². The van der Waals surface area contributed by atoms with E-state index in [1.54, 1.807) is 13.2 Å². The molecule has 1 aromatic carbocycles. The summed E-state index contributed by atoms with van der Waals surface area (Å²) in [5.41, 5.74) is 1.59. The molecule has 1 aliphatic carbocycles. The van der Waals surface area contributed by atoms with E-state index in [0.29, 0.717) is 0 Å². The predicted octanol–water partition coefficient (Wildman–Crippen LogP) is 4.22. The number of rotatable bonds is 3. The lowest BCUT2D eigenvalue weighted by molar-refractivity contribution is 0.0752. The Labute approximate surface area is 122 Å². The monoisotopic (exact) mass is 296 g/mol. The fourth-order valence-electron chi connectivity index (χ4n) is 3.19. The van der Waals surface area contributed by atoms with Gasteiger partial charge in [-0.1, -0.05) is 0 Å². The van der Waals surface area contributed by atoms with Crippen LogP contribution in [0, 0.1) is 5.82 Å². The van der Waals surface area contributed by atoms with Crippen LogP contribution in [0.15, 0.2) is 18.2 Å². The van der Waals surface area contributed by atoms with E-state index in [1.807, 2.05) is 6.92 Å². The number of nitrogens with zero attached hydrogens (tertiary/aromatic N) is 2. The molecule has 3 rings (SSSR count). The highest BCUT2D eigenvalue weighted by Crippen LogP contribution is 2.38. The molecule has 3 atom stereocenters. The van der Waals surface area contributed by atoms with Crippen molar-refractivity contribution in [3.05, 3.63) is 29.8 Å². The second kappa shape index (κ2) is 5.34. The maximum atomic E-state index is 13.6. The molecule has 20 heavy (non-hydrogen) atoms. The van der Waals surface area contributed by atoms with Crippen molar-refractivity contribution in [3.63, 3.8) is 0 Å². The number of alkyl halides is 1. The molecular weight excluding hydrogens is 279 g/mol. The van der Waals surface area contributed by atoms with Gasteiger partial charge in [-0.2, -0.15) is 0 Å². The number of methoxy groups -OCH3 is 1. The van der Waals surface area contributed by atoms with Gasteiger partial charge in [0, 0.05) is 7.11 Å². The first kappa shape index (κ1) is 13.8. The highest BCUT2D eigenvalue weighted by Gasteiger charge is 2.32. The zero-order chi connectivity index (χ0) is 14.3. The Morgan fingerprint density at radius 2 is 2.25 bits per heavy atom. The maximum Gasteiger partial charge on any atom is 0.128 e. The fourth-order valence-corrected chi connectivity index (χ4v) is 3.34. The molecule has 1 heterocycles. The SMILES string of the molecule is COC1CCCC1n1c(C(C)Cl)nc2ccc(F)cc21. The number of halogens is 2. The minimum atomic E-state index is -0.251. The van der Waals surface area contributed by atoms with Crippen LogP contribution in [0.25, 0.3) is 11.0 Å². The largest absolute Gasteiger partial charge is 0.379 e. The minimum absolute atomic E-state index is 0.143. The van der Waals surface area contributed by atoms with Gasteiger partial charge >= 0.3 is 0 Å². The van der Waals surface area contributed by atoms with Crippen LogP contribution in [0.4, 0.5) is 4.39 Å². The molecule has 0 N–H and O–H groups in total. The van der Waals surface area contributed by atoms with Crippen molar-refractivity contribution in [1.29, 1.82) is 0 Å². The molecular formula is C15H18ClFN2O. The topological polar surface area (TPSA) is 27.1 Å². The van der Waals surface area contributed by atoms with Crippen LogP contribution in [0.2, 0.25) is 0 Å². The van der Waals surface area contributed by atoms with E-state index in [2.05, 4.69) is 9.55 Å². The van der Waals surface area contributed by atoms with Gasteiger partial charge in [0.05, 0.1) is 28.6 Å². The third-order valence-corrected chi connectivity index (χ3v) is 4.28. The smallest absolute Gasteiger partial charge is 0.128 e. The molecule has 2 aromatic rings. The number of hydrogen-bond donors (Lipinski definition) is 0. The van der Waals surface area contributed by atoms with E-state index >= 15 is 0 Å². The van der Waals surface area contributed by atoms with E-state index in [0.717, 1.165) is 36.1 Å². The molecule has 0 radical (unpaired) electrons. The van der Waals surface area contributed by atoms with Gasteiger partial charge in [-0.05, 0) is 44.4 Å². The first-order chi connectivity index (χ1) is 9.61. The Bertz CT molecular complexity index is 626. The molecule has 1 saturated carbocycles. The van der Waals surface area contributed by atoms with Crippen LogP contribution in [0.5, 0.6) is 0 Å². The van der Waals surface area contributed by atoms with Crippen LogP contribution >= 0.6 is 11.6 Å². The van der Waals surface area contributed by atoms with E-state index in [9.17, 15) is 4.39 Å². The summed E-state index contributed by atoms with van der Waals surface area (Å²) in [6.07, 6.45) is 3.28. The van der Waals surface area contributed by atoms with Crippen LogP contribution in [-0.2, 0) is 4.74 Å². The molecule has 3 unspecified atom stereocenters. The number of fused-ring (bicyclic) bond motifs is 1. The summed E-state index contributed by atoms with van der Waals surface area (Å²) < 4.78 is 21.2. The summed E-state index contributed by atoms with van der Waals surface area (Å²) in [6.45, 7) is 1.90. The third-order valence-electron chi connectivity index (χ3n) is 4.09. The molecule has 3 nitrogen and oxygen atoms in total. The van der Waals surface area contributed by atoms with Gasteiger partial charge in [0.1, 0.15) is 11.6 Å². The van der Waals surface area contributed by atoms with Gasteiger partial charge in [-0.3, -0.25) is 0 Å². The van der Waals surface area contributed by atoms with E-state index in [1.165, 1.54) is 12.1 Å². The molecule has 108 valence electrons. The number of ether oxygens (including phenoxy) is 1. The lowest BCUT2D eigenvalue weighted by Gasteiger charge is -2.23. The van der Waals surface area contributed by atoms with Gasteiger partial charge in [0.25, 0.3) is 0 Å². The highest BCUT2D eigenvalue weighted by atomic mass is 35.5. The molecule has 0 bridgehead atoms. The summed E-state index contributed by atoms with van der Waals surface area (Å²) >= 11 is 6.27. The normalized spacial score (nSPS) is 24.4. The molecule has 0 saturated heterocycles. The first-order valence-electron chi connectivity index (χ1n) is 6.96. The summed E-state index contributed by atoms with van der Waals surface area (Å²) in [5, 5.41) is -0.219. The summed E-state index contributed by atoms with van der Waals surface area (Å²) in [5.74, 6) is 0.542. The van der Waals surface area contributed by atoms with Gasteiger partial charge in [-0.25, -0.2) is 9.37 Å². The summed E-state index contributed by atoms with van der Waals surface area (Å²) in [4.78, 5) is 4.58. The number of imidazole rings is 1. The van der Waals surface area contributed by atoms with Crippen molar-refractivity contribution < 1.29 is 9.13 Å². The van der Waals surface area contributed by atoms with Crippen LogP contribution in [0.3, 0.4) is 0 Å². The van der Waals surface area contributed by atoms with Crippen molar-refractivity contribution in [1.82, 2.24) is 9.55 Å². The molecule has 5 heteroatoms. The second-order valence-corrected chi connectivity index (χ2v) is 6.02. The fraction of sp³-hybridized carbons (Fsp3) is 0.533. The zero-order valence-corrected chi connectivity index (χ0v) is 12.4. The first-order valence-corrected chi connectivity index (χ1v) is 7.39. The lowest BCUT2D eigenvalue weighted by Crippen LogP contribution is -2.22. The Kier molecular flexibility index (Phi) is 3.69. The third kappa shape index (κ3) is 2.21. The van der Waals surface area contributed by atoms with E-state index < -0.39 is 0 Å². The van der Waals surface area contributed by atoms with Gasteiger partial charge in [0.2, 0.25) is 0 Å². The summed E-state index contributed by atoms with van der Waals surface area (Å²) in [7, 11) is 1.73. The standard InChI is InChI=1S/C15H18ClFN2O/c1-9(16)15-18-11-7-6-10(17)8-13(11)19(15)12-4-3-5-14(12)20-2/h6-9,12,14H,3-5H2,1-2H3. The van der Waals surface area contributed by atoms with Gasteiger partial charge < -0.3 is 9.30 Å². The Morgan fingerprint density at radius 1 is 1.45 bits per heavy atom. The molecule has 1 aliphatic rings. The van der Waals surface area contributed by atoms with Gasteiger partial charge in [0.15, 0.2) is 0 Å². The summed E-state index contributed by atoms with van der Waals surface area (Å²) in [6, 6.07) is 4.87. The zero-order valence-electron chi connectivity index (χ0n) is 11.6. The highest BCUT2D eigenvalue weighted by molar-refractivity contribution is 6.20. The second-order valence-electron chi connectivity index (χ2n) is 5.36. The Morgan fingerprint density at radius 3 is 2.95 bits per heavy atom. The molecule has 1 fully saturated rings. The molecule has 0 spiro atoms. The van der Waals surface area contributed by atoms with Crippen molar-refractivity contribution in [2.45, 2.75) is 43.7 Å². The average molecular weight is 297 g/mol. The number of benzene rings is 1. The Balaban J connectivity index is 2.20. The maximum absolute atomic E-state index is 13.6. The van der Waals surface area contributed by atoms with Crippen molar-refractivity contribution in [2.75, 3.05) is 7.11 Å². The van der Waals surface area contributed by atoms with Crippen LogP contribution in [0.1, 0.15) is 43.4 Å². The number of hydrogen-bond acceptors (Lipinski definition) is 2. The Hall–Kier alpha value is -1.13. The molecule has 1 aromatic heterocycles. The van der Waals surface area contributed by atoms with E-state index in [-0.39, 0.29) is 23.3 Å². The average Bonchev–Trinajstić information content (AvgIpc) is 3.00. The predicted molar refractivity (Wildman–Crippen MR) is 77.6 cm³/mol. The molecule has 0 amide bonds. The van der Waals surface area contributed by atoms with E-state index in [4.69, 9.17) is 16.3 Å². The van der Waals surface area contributed by atoms with Crippen molar-refractivity contribution >= 4 is 22.6 Å². The lowest BCUT2D eigenvalue weighted by atomic mass is 10.2. The van der Waals surface area contributed by atoms with Crippen molar-refractivity contribution in [2.24, 2.45) is 0 Å².